The second kappa shape index (κ2) is 4.74. The number of nitrogens with two attached hydrogens (primary N) is 1. The fourth-order valence-corrected chi connectivity index (χ4v) is 1.23. The van der Waals surface area contributed by atoms with Gasteiger partial charge in [0.15, 0.2) is 0 Å². The van der Waals surface area contributed by atoms with Crippen molar-refractivity contribution in [2.45, 2.75) is 32.4 Å². The summed E-state index contributed by atoms with van der Waals surface area (Å²) in [6, 6.07) is -0.198. The predicted molar refractivity (Wildman–Crippen MR) is 38.6 cm³/mol. The van der Waals surface area contributed by atoms with E-state index in [1.165, 1.54) is 0 Å². The number of hydrogen-bond acceptors (Lipinski definition) is 3. The normalized spacial score (nSPS) is 18.2. The molecule has 0 radical (unpaired) electrons. The first kappa shape index (κ1) is 9.98. The molecule has 0 aliphatic rings. The molecule has 0 aliphatic carbocycles. The molecule has 0 aliphatic heterocycles. The molecule has 3 N–H and O–H groups in total. The summed E-state index contributed by atoms with van der Waals surface area (Å²) in [6.45, 7) is 3.60. The van der Waals surface area contributed by atoms with E-state index in [9.17, 15) is 4.57 Å². The molecule has 10 heavy (non-hydrogen) atoms. The zero-order valence-corrected chi connectivity index (χ0v) is 7.04. The van der Waals surface area contributed by atoms with Crippen LogP contribution in [0.25, 0.3) is 0 Å². The average molecular weight is 166 g/mol. The fraction of sp³-hybridized carbons (Fsp3) is 1.00. The third-order valence-electron chi connectivity index (χ3n) is 1.21. The summed E-state index contributed by atoms with van der Waals surface area (Å²) < 4.78 is 14.7. The largest absolute Gasteiger partial charge is 0.695 e. The lowest BCUT2D eigenvalue weighted by Gasteiger charge is -2.10. The zero-order chi connectivity index (χ0) is 8.15. The lowest BCUT2D eigenvalue weighted by molar-refractivity contribution is 0.162. The third-order valence-corrected chi connectivity index (χ3v) is 1.67. The van der Waals surface area contributed by atoms with Crippen LogP contribution in [0, 0.1) is 0 Å². The van der Waals surface area contributed by atoms with Gasteiger partial charge in [-0.3, -0.25) is 0 Å². The summed E-state index contributed by atoms with van der Waals surface area (Å²) in [5.41, 5.74) is 5.43. The van der Waals surface area contributed by atoms with Gasteiger partial charge in [0, 0.05) is 10.6 Å². The van der Waals surface area contributed by atoms with Gasteiger partial charge in [-0.1, -0.05) is 6.92 Å². The molecule has 0 saturated carbocycles. The number of rotatable bonds is 4. The van der Waals surface area contributed by atoms with E-state index in [4.69, 9.17) is 10.6 Å². The van der Waals surface area contributed by atoms with E-state index >= 15 is 0 Å². The fourth-order valence-electron chi connectivity index (χ4n) is 0.658. The Bertz CT molecular complexity index is 117. The highest BCUT2D eigenvalue weighted by Crippen LogP contribution is 2.20. The van der Waals surface area contributed by atoms with Gasteiger partial charge < -0.3 is 5.73 Å². The Kier molecular flexibility index (Phi) is 4.73. The first-order valence-electron chi connectivity index (χ1n) is 3.16. The van der Waals surface area contributed by atoms with E-state index in [1.54, 1.807) is 6.92 Å². The molecule has 0 fully saturated rings. The monoisotopic (exact) mass is 166 g/mol. The van der Waals surface area contributed by atoms with E-state index in [1.807, 2.05) is 6.92 Å². The molecule has 0 aromatic carbocycles. The minimum absolute atomic E-state index is 0.198. The van der Waals surface area contributed by atoms with Crippen molar-refractivity contribution in [1.82, 2.24) is 0 Å². The van der Waals surface area contributed by atoms with Crippen LogP contribution in [0.2, 0.25) is 0 Å². The summed E-state index contributed by atoms with van der Waals surface area (Å²) >= 11 is 0. The summed E-state index contributed by atoms with van der Waals surface area (Å²) in [7, 11) is -2.51. The lowest BCUT2D eigenvalue weighted by Crippen LogP contribution is -2.31. The standard InChI is InChI=1S/C5H12NO3P/c1-3-5(4(2)6)9-10(7)8/h4-5H,3,6H2,1-2H3/p+1. The Balaban J connectivity index is 3.71. The molecule has 3 atom stereocenters. The van der Waals surface area contributed by atoms with Gasteiger partial charge in [0.25, 0.3) is 0 Å². The van der Waals surface area contributed by atoms with Crippen molar-refractivity contribution in [3.05, 3.63) is 0 Å². The molecular formula is C5H13NO3P+. The van der Waals surface area contributed by atoms with Gasteiger partial charge in [0.05, 0.1) is 0 Å². The molecule has 60 valence electrons. The van der Waals surface area contributed by atoms with Crippen LogP contribution in [0.1, 0.15) is 20.3 Å². The van der Waals surface area contributed by atoms with E-state index in [-0.39, 0.29) is 12.1 Å². The molecule has 0 spiro atoms. The predicted octanol–water partition coefficient (Wildman–Crippen LogP) is 0.779. The Hall–Kier alpha value is -0.0200. The summed E-state index contributed by atoms with van der Waals surface area (Å²) in [4.78, 5) is 8.33. The smallest absolute Gasteiger partial charge is 0.326 e. The first-order chi connectivity index (χ1) is 4.57. The molecule has 4 nitrogen and oxygen atoms in total. The lowest BCUT2D eigenvalue weighted by atomic mass is 10.1. The quantitative estimate of drug-likeness (QED) is 0.605. The van der Waals surface area contributed by atoms with Crippen LogP contribution in [0.3, 0.4) is 0 Å². The molecule has 0 aromatic heterocycles. The van der Waals surface area contributed by atoms with Gasteiger partial charge in [0.2, 0.25) is 0 Å². The molecule has 0 amide bonds. The molecule has 0 bridgehead atoms. The van der Waals surface area contributed by atoms with Crippen LogP contribution in [-0.4, -0.2) is 17.0 Å². The number of hydrogen-bond donors (Lipinski definition) is 2. The van der Waals surface area contributed by atoms with Crippen LogP contribution in [0.15, 0.2) is 0 Å². The Labute approximate surface area is 61.3 Å². The SMILES string of the molecule is CCC(O[P+](=O)O)C(C)N. The molecule has 0 saturated heterocycles. The van der Waals surface area contributed by atoms with Crippen LogP contribution < -0.4 is 5.73 Å². The van der Waals surface area contributed by atoms with Crippen molar-refractivity contribution in [1.29, 1.82) is 0 Å². The minimum atomic E-state index is -2.51. The van der Waals surface area contributed by atoms with Crippen LogP contribution in [0.5, 0.6) is 0 Å². The van der Waals surface area contributed by atoms with Gasteiger partial charge in [-0.05, 0) is 13.3 Å². The van der Waals surface area contributed by atoms with Crippen molar-refractivity contribution in [3.63, 3.8) is 0 Å². The summed E-state index contributed by atoms with van der Waals surface area (Å²) in [6.07, 6.45) is 0.341. The van der Waals surface area contributed by atoms with E-state index in [2.05, 4.69) is 4.52 Å². The first-order valence-corrected chi connectivity index (χ1v) is 4.29. The van der Waals surface area contributed by atoms with Crippen LogP contribution in [0.4, 0.5) is 0 Å². The zero-order valence-electron chi connectivity index (χ0n) is 6.15. The van der Waals surface area contributed by atoms with Crippen molar-refractivity contribution in [2.24, 2.45) is 5.73 Å². The van der Waals surface area contributed by atoms with E-state index < -0.39 is 8.25 Å². The Morgan fingerprint density at radius 3 is 2.40 bits per heavy atom. The third kappa shape index (κ3) is 3.90. The van der Waals surface area contributed by atoms with Gasteiger partial charge in [-0.2, -0.15) is 0 Å². The highest BCUT2D eigenvalue weighted by Gasteiger charge is 2.24. The maximum Gasteiger partial charge on any atom is 0.695 e. The van der Waals surface area contributed by atoms with Crippen molar-refractivity contribution < 1.29 is 14.0 Å². The summed E-state index contributed by atoms with van der Waals surface area (Å²) in [5.74, 6) is 0. The molecule has 5 heteroatoms. The maximum absolute atomic E-state index is 10.1. The highest BCUT2D eigenvalue weighted by molar-refractivity contribution is 7.32. The molecule has 3 unspecified atom stereocenters. The van der Waals surface area contributed by atoms with E-state index in [0.29, 0.717) is 6.42 Å². The minimum Gasteiger partial charge on any atom is -0.326 e. The average Bonchev–Trinajstić information content (AvgIpc) is 1.81. The van der Waals surface area contributed by atoms with Gasteiger partial charge >= 0.3 is 8.25 Å². The Morgan fingerprint density at radius 2 is 2.30 bits per heavy atom. The molecule has 0 heterocycles. The Morgan fingerprint density at radius 1 is 1.80 bits per heavy atom. The second-order valence-electron chi connectivity index (χ2n) is 2.15. The van der Waals surface area contributed by atoms with Crippen LogP contribution in [-0.2, 0) is 9.09 Å². The van der Waals surface area contributed by atoms with Crippen molar-refractivity contribution in [2.75, 3.05) is 0 Å². The molecular weight excluding hydrogens is 153 g/mol. The van der Waals surface area contributed by atoms with Gasteiger partial charge in [0.1, 0.15) is 6.10 Å². The van der Waals surface area contributed by atoms with E-state index in [0.717, 1.165) is 0 Å². The second-order valence-corrected chi connectivity index (χ2v) is 2.84. The van der Waals surface area contributed by atoms with Crippen molar-refractivity contribution >= 4 is 8.25 Å². The topological polar surface area (TPSA) is 72.5 Å². The highest BCUT2D eigenvalue weighted by atomic mass is 31.1. The van der Waals surface area contributed by atoms with Crippen molar-refractivity contribution in [3.8, 4) is 0 Å². The van der Waals surface area contributed by atoms with Gasteiger partial charge in [-0.15, -0.1) is 9.42 Å². The van der Waals surface area contributed by atoms with Crippen LogP contribution >= 0.6 is 8.25 Å². The summed E-state index contributed by atoms with van der Waals surface area (Å²) in [5, 5.41) is 0. The molecule has 0 aromatic rings. The van der Waals surface area contributed by atoms with Gasteiger partial charge in [-0.25, -0.2) is 0 Å². The maximum atomic E-state index is 10.1. The molecule has 0 rings (SSSR count).